The normalized spacial score (nSPS) is 23.7. The van der Waals surface area contributed by atoms with E-state index in [0.717, 1.165) is 0 Å². The number of aromatic nitrogens is 5. The fourth-order valence-corrected chi connectivity index (χ4v) is 4.43. The van der Waals surface area contributed by atoms with Crippen molar-refractivity contribution in [2.45, 2.75) is 50.2 Å². The van der Waals surface area contributed by atoms with Gasteiger partial charge in [0.1, 0.15) is 5.82 Å². The van der Waals surface area contributed by atoms with Crippen molar-refractivity contribution in [3.63, 3.8) is 0 Å². The summed E-state index contributed by atoms with van der Waals surface area (Å²) in [6, 6.07) is 3.71. The van der Waals surface area contributed by atoms with Crippen molar-refractivity contribution < 1.29 is 18.6 Å². The van der Waals surface area contributed by atoms with Crippen LogP contribution in [0, 0.1) is 0 Å². The number of alkyl halides is 2. The molecule has 1 saturated carbocycles. The molecule has 0 aromatic carbocycles. The lowest BCUT2D eigenvalue weighted by molar-refractivity contribution is -0.106. The summed E-state index contributed by atoms with van der Waals surface area (Å²) in [5.74, 6) is -1.42. The third-order valence-electron chi connectivity index (χ3n) is 6.21. The zero-order valence-corrected chi connectivity index (χ0v) is 16.7. The number of nitrogens with zero attached hydrogens (tertiary/aromatic N) is 5. The Morgan fingerprint density at radius 3 is 2.77 bits per heavy atom. The van der Waals surface area contributed by atoms with Crippen LogP contribution in [0.3, 0.4) is 0 Å². The second-order valence-corrected chi connectivity index (χ2v) is 8.27. The lowest BCUT2D eigenvalue weighted by Crippen LogP contribution is -2.44. The van der Waals surface area contributed by atoms with Crippen LogP contribution in [0.25, 0.3) is 16.9 Å². The van der Waals surface area contributed by atoms with Gasteiger partial charge in [-0.3, -0.25) is 5.10 Å². The minimum Gasteiger partial charge on any atom is -0.385 e. The van der Waals surface area contributed by atoms with Crippen molar-refractivity contribution in [2.75, 3.05) is 24.7 Å². The first kappa shape index (κ1) is 19.4. The minimum atomic E-state index is -2.74. The number of anilines is 1. The lowest BCUT2D eigenvalue weighted by atomic mass is 9.77. The number of ether oxygens (including phenoxy) is 1. The molecule has 1 atom stereocenters. The molecule has 0 radical (unpaired) electrons. The molecule has 1 saturated heterocycles. The molecule has 0 amide bonds. The van der Waals surface area contributed by atoms with E-state index in [9.17, 15) is 13.9 Å². The van der Waals surface area contributed by atoms with Crippen LogP contribution in [0.1, 0.15) is 38.2 Å². The van der Waals surface area contributed by atoms with Gasteiger partial charge in [0, 0.05) is 30.8 Å². The molecule has 0 unspecified atom stereocenters. The first-order chi connectivity index (χ1) is 14.4. The Balaban J connectivity index is 1.67. The Labute approximate surface area is 171 Å². The van der Waals surface area contributed by atoms with Gasteiger partial charge < -0.3 is 14.7 Å². The minimum absolute atomic E-state index is 0.00748. The summed E-state index contributed by atoms with van der Waals surface area (Å²) >= 11 is 0. The number of rotatable bonds is 3. The van der Waals surface area contributed by atoms with Crippen molar-refractivity contribution in [3.8, 4) is 5.82 Å². The van der Waals surface area contributed by atoms with Crippen LogP contribution in [0.15, 0.2) is 24.5 Å². The number of aliphatic hydroxyl groups is 1. The smallest absolute Gasteiger partial charge is 0.248 e. The molecular formula is C20H24F2N6O2. The van der Waals surface area contributed by atoms with Gasteiger partial charge in [0.25, 0.3) is 0 Å². The van der Waals surface area contributed by atoms with Crippen LogP contribution in [-0.4, -0.2) is 61.8 Å². The molecule has 4 heterocycles. The number of pyridine rings is 1. The van der Waals surface area contributed by atoms with Gasteiger partial charge in [0.05, 0.1) is 37.3 Å². The largest absolute Gasteiger partial charge is 0.385 e. The van der Waals surface area contributed by atoms with Crippen molar-refractivity contribution in [2.24, 2.45) is 0 Å². The molecule has 30 heavy (non-hydrogen) atoms. The highest BCUT2D eigenvalue weighted by atomic mass is 19.3. The predicted molar refractivity (Wildman–Crippen MR) is 106 cm³/mol. The maximum absolute atomic E-state index is 13.8. The highest BCUT2D eigenvalue weighted by Gasteiger charge is 2.44. The second kappa shape index (κ2) is 6.98. The van der Waals surface area contributed by atoms with Crippen molar-refractivity contribution in [1.82, 2.24) is 25.0 Å². The van der Waals surface area contributed by atoms with E-state index in [4.69, 9.17) is 9.72 Å². The van der Waals surface area contributed by atoms with E-state index in [1.807, 2.05) is 13.0 Å². The van der Waals surface area contributed by atoms with E-state index in [1.54, 1.807) is 23.1 Å². The molecule has 1 aliphatic carbocycles. The Kier molecular flexibility index (Phi) is 4.51. The molecule has 0 bridgehead atoms. The van der Waals surface area contributed by atoms with Gasteiger partial charge in [-0.15, -0.1) is 0 Å². The van der Waals surface area contributed by atoms with E-state index in [1.165, 1.54) is 0 Å². The van der Waals surface area contributed by atoms with E-state index >= 15 is 0 Å². The van der Waals surface area contributed by atoms with Crippen LogP contribution in [-0.2, 0) is 10.3 Å². The predicted octanol–water partition coefficient (Wildman–Crippen LogP) is 2.77. The molecule has 3 aromatic rings. The summed E-state index contributed by atoms with van der Waals surface area (Å²) in [6.45, 7) is 3.86. The summed E-state index contributed by atoms with van der Waals surface area (Å²) in [5, 5.41) is 23.4. The number of hydrogen-bond acceptors (Lipinski definition) is 6. The van der Waals surface area contributed by atoms with Gasteiger partial charge in [-0.1, -0.05) is 0 Å². The van der Waals surface area contributed by atoms with Crippen molar-refractivity contribution in [1.29, 1.82) is 0 Å². The number of fused-ring (bicyclic) bond motifs is 1. The standard InChI is InChI=1S/C20H24F2N6O2/c1-13-12-30-9-8-27(13)17-10-15(19(29)3-5-20(21,22)6-4-19)14-11-24-28(18(14)25-17)16-2-7-23-26-16/h2,7,10-11,13,29H,3-6,8-9,12H2,1H3,(H,23,26)/t13-/m1/s1. The molecule has 2 aliphatic rings. The summed E-state index contributed by atoms with van der Waals surface area (Å²) in [6.07, 6.45) is 2.56. The first-order valence-electron chi connectivity index (χ1n) is 10.2. The van der Waals surface area contributed by atoms with E-state index < -0.39 is 11.5 Å². The highest BCUT2D eigenvalue weighted by molar-refractivity contribution is 5.83. The number of hydrogen-bond donors (Lipinski definition) is 2. The number of nitrogens with one attached hydrogen (secondary N) is 1. The Morgan fingerprint density at radius 1 is 1.27 bits per heavy atom. The quantitative estimate of drug-likeness (QED) is 0.680. The van der Waals surface area contributed by atoms with Gasteiger partial charge in [-0.05, 0) is 31.4 Å². The van der Waals surface area contributed by atoms with Crippen LogP contribution in [0.5, 0.6) is 0 Å². The topological polar surface area (TPSA) is 92.1 Å². The molecule has 5 rings (SSSR count). The summed E-state index contributed by atoms with van der Waals surface area (Å²) in [4.78, 5) is 6.97. The summed E-state index contributed by atoms with van der Waals surface area (Å²) < 4.78 is 34.8. The molecule has 1 aliphatic heterocycles. The maximum Gasteiger partial charge on any atom is 0.248 e. The van der Waals surface area contributed by atoms with Crippen LogP contribution in [0.2, 0.25) is 0 Å². The SMILES string of the molecule is C[C@@H]1COCCN1c1cc(C2(O)CCC(F)(F)CC2)c2cnn(-c3ccn[nH]3)c2n1. The molecule has 160 valence electrons. The Hall–Kier alpha value is -2.59. The average Bonchev–Trinajstić information content (AvgIpc) is 3.39. The fourth-order valence-electron chi connectivity index (χ4n) is 4.43. The van der Waals surface area contributed by atoms with E-state index in [2.05, 4.69) is 20.2 Å². The van der Waals surface area contributed by atoms with Crippen LogP contribution < -0.4 is 4.90 Å². The third kappa shape index (κ3) is 3.24. The molecule has 0 spiro atoms. The maximum atomic E-state index is 13.8. The van der Waals surface area contributed by atoms with E-state index in [-0.39, 0.29) is 31.7 Å². The van der Waals surface area contributed by atoms with Gasteiger partial charge in [-0.25, -0.2) is 13.8 Å². The molecule has 8 nitrogen and oxygen atoms in total. The Morgan fingerprint density at radius 2 is 2.07 bits per heavy atom. The molecule has 2 fully saturated rings. The summed E-state index contributed by atoms with van der Waals surface area (Å²) in [5.41, 5.74) is -0.201. The number of aromatic amines is 1. The number of H-pyrrole nitrogens is 1. The number of halogens is 2. The van der Waals surface area contributed by atoms with Crippen LogP contribution >= 0.6 is 0 Å². The molecular weight excluding hydrogens is 394 g/mol. The zero-order chi connectivity index (χ0) is 20.9. The van der Waals surface area contributed by atoms with Crippen LogP contribution in [0.4, 0.5) is 14.6 Å². The fraction of sp³-hybridized carbons (Fsp3) is 0.550. The summed E-state index contributed by atoms with van der Waals surface area (Å²) in [7, 11) is 0. The zero-order valence-electron chi connectivity index (χ0n) is 16.7. The van der Waals surface area contributed by atoms with Gasteiger partial charge in [0.2, 0.25) is 5.92 Å². The van der Waals surface area contributed by atoms with Crippen molar-refractivity contribution >= 4 is 16.9 Å². The van der Waals surface area contributed by atoms with Crippen molar-refractivity contribution in [3.05, 3.63) is 30.1 Å². The highest BCUT2D eigenvalue weighted by Crippen LogP contribution is 2.46. The third-order valence-corrected chi connectivity index (χ3v) is 6.21. The average molecular weight is 418 g/mol. The molecule has 10 heteroatoms. The van der Waals surface area contributed by atoms with Gasteiger partial charge >= 0.3 is 0 Å². The van der Waals surface area contributed by atoms with Gasteiger partial charge in [-0.2, -0.15) is 14.9 Å². The monoisotopic (exact) mass is 418 g/mol. The number of morpholine rings is 1. The molecule has 3 aromatic heterocycles. The second-order valence-electron chi connectivity index (χ2n) is 8.27. The molecule has 2 N–H and O–H groups in total. The Bertz CT molecular complexity index is 1040. The lowest BCUT2D eigenvalue weighted by Gasteiger charge is -2.38. The first-order valence-corrected chi connectivity index (χ1v) is 10.2. The van der Waals surface area contributed by atoms with E-state index in [0.29, 0.717) is 48.0 Å². The van der Waals surface area contributed by atoms with Gasteiger partial charge in [0.15, 0.2) is 11.5 Å².